The van der Waals surface area contributed by atoms with Gasteiger partial charge in [-0.3, -0.25) is 4.79 Å². The van der Waals surface area contributed by atoms with Crippen LogP contribution in [0.25, 0.3) is 0 Å². The van der Waals surface area contributed by atoms with Crippen LogP contribution in [0.15, 0.2) is 72.0 Å². The number of amides is 1. The Morgan fingerprint density at radius 2 is 1.92 bits per heavy atom. The zero-order valence-corrected chi connectivity index (χ0v) is 15.7. The van der Waals surface area contributed by atoms with Gasteiger partial charge in [-0.1, -0.05) is 42.8 Å². The van der Waals surface area contributed by atoms with E-state index in [1.807, 2.05) is 37.3 Å². The van der Waals surface area contributed by atoms with Gasteiger partial charge in [0.25, 0.3) is 5.91 Å². The standard InChI is InChI=1S/C21H23ClN2O2/c1-3-4-8-20(15(2)23)21(25)24-14-16-6-5-7-19(13-16)26-18-11-9-17(22)10-12-18/h4-13H,3,14,23H2,1-2H3,(H,24,25)/b8-4-,20-15-. The molecule has 0 aliphatic carbocycles. The van der Waals surface area contributed by atoms with Crippen LogP contribution in [0, 0.1) is 0 Å². The van der Waals surface area contributed by atoms with Crippen molar-refractivity contribution >= 4 is 17.5 Å². The third-order valence-electron chi connectivity index (χ3n) is 3.59. The molecular weight excluding hydrogens is 348 g/mol. The van der Waals surface area contributed by atoms with Crippen molar-refractivity contribution in [2.45, 2.75) is 26.8 Å². The van der Waals surface area contributed by atoms with Gasteiger partial charge in [-0.2, -0.15) is 0 Å². The first-order chi connectivity index (χ1) is 12.5. The summed E-state index contributed by atoms with van der Waals surface area (Å²) in [5.41, 5.74) is 7.71. The third kappa shape index (κ3) is 5.97. The molecule has 0 atom stereocenters. The summed E-state index contributed by atoms with van der Waals surface area (Å²) in [6.07, 6.45) is 4.50. The first-order valence-electron chi connectivity index (χ1n) is 8.43. The number of hydrogen-bond acceptors (Lipinski definition) is 3. The van der Waals surface area contributed by atoms with Crippen LogP contribution in [0.2, 0.25) is 5.02 Å². The summed E-state index contributed by atoms with van der Waals surface area (Å²) in [4.78, 5) is 12.3. The van der Waals surface area contributed by atoms with Crippen LogP contribution >= 0.6 is 11.6 Å². The minimum absolute atomic E-state index is 0.196. The van der Waals surface area contributed by atoms with Crippen molar-refractivity contribution in [2.24, 2.45) is 5.73 Å². The number of allylic oxidation sites excluding steroid dienone is 2. The Kier molecular flexibility index (Phi) is 7.30. The van der Waals surface area contributed by atoms with E-state index in [0.717, 1.165) is 12.0 Å². The number of carbonyl (C=O) groups is 1. The summed E-state index contributed by atoms with van der Waals surface area (Å²) in [6, 6.07) is 14.7. The lowest BCUT2D eigenvalue weighted by molar-refractivity contribution is -0.117. The smallest absolute Gasteiger partial charge is 0.253 e. The van der Waals surface area contributed by atoms with Crippen molar-refractivity contribution in [2.75, 3.05) is 0 Å². The Bertz CT molecular complexity index is 807. The maximum Gasteiger partial charge on any atom is 0.253 e. The lowest BCUT2D eigenvalue weighted by atomic mass is 10.1. The molecule has 0 unspecified atom stereocenters. The summed E-state index contributed by atoms with van der Waals surface area (Å²) in [6.45, 7) is 4.10. The SMILES string of the molecule is CC/C=C\C(C(=O)NCc1cccc(Oc2ccc(Cl)cc2)c1)=C(/C)N. The maximum atomic E-state index is 12.3. The van der Waals surface area contributed by atoms with Gasteiger partial charge >= 0.3 is 0 Å². The number of benzene rings is 2. The van der Waals surface area contributed by atoms with Crippen molar-refractivity contribution in [3.05, 3.63) is 82.5 Å². The van der Waals surface area contributed by atoms with Crippen molar-refractivity contribution in [1.82, 2.24) is 5.32 Å². The highest BCUT2D eigenvalue weighted by molar-refractivity contribution is 6.30. The largest absolute Gasteiger partial charge is 0.457 e. The molecule has 5 heteroatoms. The molecule has 0 heterocycles. The van der Waals surface area contributed by atoms with Crippen molar-refractivity contribution < 1.29 is 9.53 Å². The first-order valence-corrected chi connectivity index (χ1v) is 8.81. The second kappa shape index (κ2) is 9.68. The molecule has 2 rings (SSSR count). The molecule has 0 saturated carbocycles. The van der Waals surface area contributed by atoms with Crippen LogP contribution < -0.4 is 15.8 Å². The van der Waals surface area contributed by atoms with Gasteiger partial charge in [0.15, 0.2) is 0 Å². The maximum absolute atomic E-state index is 12.3. The summed E-state index contributed by atoms with van der Waals surface area (Å²) in [5.74, 6) is 1.19. The minimum Gasteiger partial charge on any atom is -0.457 e. The molecule has 0 aliphatic rings. The van der Waals surface area contributed by atoms with E-state index in [9.17, 15) is 4.79 Å². The van der Waals surface area contributed by atoms with Crippen molar-refractivity contribution in [1.29, 1.82) is 0 Å². The molecule has 136 valence electrons. The highest BCUT2D eigenvalue weighted by Crippen LogP contribution is 2.23. The minimum atomic E-state index is -0.196. The van der Waals surface area contributed by atoms with E-state index >= 15 is 0 Å². The predicted molar refractivity (Wildman–Crippen MR) is 106 cm³/mol. The van der Waals surface area contributed by atoms with Crippen molar-refractivity contribution in [3.63, 3.8) is 0 Å². The molecule has 26 heavy (non-hydrogen) atoms. The van der Waals surface area contributed by atoms with Gasteiger partial charge in [-0.25, -0.2) is 0 Å². The summed E-state index contributed by atoms with van der Waals surface area (Å²) in [7, 11) is 0. The van der Waals surface area contributed by atoms with E-state index in [4.69, 9.17) is 22.1 Å². The van der Waals surface area contributed by atoms with Gasteiger partial charge in [-0.05, 0) is 55.3 Å². The normalized spacial score (nSPS) is 12.0. The molecule has 4 nitrogen and oxygen atoms in total. The summed E-state index contributed by atoms with van der Waals surface area (Å²) < 4.78 is 5.81. The van der Waals surface area contributed by atoms with Crippen LogP contribution in [0.1, 0.15) is 25.8 Å². The Morgan fingerprint density at radius 3 is 2.58 bits per heavy atom. The molecule has 3 N–H and O–H groups in total. The van der Waals surface area contributed by atoms with E-state index in [-0.39, 0.29) is 5.91 Å². The Labute approximate surface area is 159 Å². The predicted octanol–water partition coefficient (Wildman–Crippen LogP) is 4.95. The van der Waals surface area contributed by atoms with Crippen LogP contribution in [0.3, 0.4) is 0 Å². The quantitative estimate of drug-likeness (QED) is 0.535. The Morgan fingerprint density at radius 1 is 1.19 bits per heavy atom. The first kappa shape index (κ1) is 19.6. The number of carbonyl (C=O) groups excluding carboxylic acids is 1. The topological polar surface area (TPSA) is 64.3 Å². The fourth-order valence-corrected chi connectivity index (χ4v) is 2.38. The van der Waals surface area contributed by atoms with Gasteiger partial charge in [0.05, 0.1) is 5.57 Å². The zero-order chi connectivity index (χ0) is 18.9. The van der Waals surface area contributed by atoms with Crippen molar-refractivity contribution in [3.8, 4) is 11.5 Å². The average molecular weight is 371 g/mol. The fraction of sp³-hybridized carbons (Fsp3) is 0.190. The van der Waals surface area contributed by atoms with Gasteiger partial charge < -0.3 is 15.8 Å². The molecule has 0 aromatic heterocycles. The number of nitrogens with two attached hydrogens (primary N) is 1. The number of hydrogen-bond donors (Lipinski definition) is 2. The van der Waals surface area contributed by atoms with E-state index in [1.54, 1.807) is 37.3 Å². The van der Waals surface area contributed by atoms with Gasteiger partial charge in [0.2, 0.25) is 0 Å². The van der Waals surface area contributed by atoms with E-state index < -0.39 is 0 Å². The summed E-state index contributed by atoms with van der Waals surface area (Å²) in [5, 5.41) is 3.54. The highest BCUT2D eigenvalue weighted by Gasteiger charge is 2.09. The average Bonchev–Trinajstić information content (AvgIpc) is 2.62. The molecule has 0 radical (unpaired) electrons. The molecule has 0 aliphatic heterocycles. The van der Waals surface area contributed by atoms with Crippen LogP contribution in [-0.4, -0.2) is 5.91 Å². The number of rotatable bonds is 7. The Hall–Kier alpha value is -2.72. The second-order valence-electron chi connectivity index (χ2n) is 5.79. The lowest BCUT2D eigenvalue weighted by Crippen LogP contribution is -2.25. The van der Waals surface area contributed by atoms with Gasteiger partial charge in [0.1, 0.15) is 11.5 Å². The van der Waals surface area contributed by atoms with Gasteiger partial charge in [0, 0.05) is 17.3 Å². The molecule has 0 fully saturated rings. The third-order valence-corrected chi connectivity index (χ3v) is 3.84. The van der Waals surface area contributed by atoms with Crippen LogP contribution in [0.5, 0.6) is 11.5 Å². The number of nitrogens with one attached hydrogen (secondary N) is 1. The van der Waals surface area contributed by atoms with E-state index in [1.165, 1.54) is 0 Å². The number of ether oxygens (including phenoxy) is 1. The molecular formula is C21H23ClN2O2. The van der Waals surface area contributed by atoms with Crippen LogP contribution in [-0.2, 0) is 11.3 Å². The summed E-state index contributed by atoms with van der Waals surface area (Å²) >= 11 is 5.88. The highest BCUT2D eigenvalue weighted by atomic mass is 35.5. The zero-order valence-electron chi connectivity index (χ0n) is 15.0. The number of halogens is 1. The molecule has 1 amide bonds. The molecule has 0 saturated heterocycles. The Balaban J connectivity index is 2.02. The second-order valence-corrected chi connectivity index (χ2v) is 6.23. The van der Waals surface area contributed by atoms with Crippen LogP contribution in [0.4, 0.5) is 0 Å². The van der Waals surface area contributed by atoms with E-state index in [2.05, 4.69) is 5.32 Å². The molecule has 0 bridgehead atoms. The molecule has 0 spiro atoms. The van der Waals surface area contributed by atoms with Gasteiger partial charge in [-0.15, -0.1) is 0 Å². The molecule has 2 aromatic carbocycles. The lowest BCUT2D eigenvalue weighted by Gasteiger charge is -2.10. The fourth-order valence-electron chi connectivity index (χ4n) is 2.26. The monoisotopic (exact) mass is 370 g/mol. The molecule has 2 aromatic rings. The van der Waals surface area contributed by atoms with E-state index in [0.29, 0.717) is 34.3 Å².